The average Bonchev–Trinajstić information content (AvgIpc) is 2.96. The van der Waals surface area contributed by atoms with Crippen LogP contribution in [0.4, 0.5) is 0 Å². The maximum absolute atomic E-state index is 12.1. The van der Waals surface area contributed by atoms with Crippen molar-refractivity contribution in [3.63, 3.8) is 0 Å². The zero-order valence-corrected chi connectivity index (χ0v) is 18.6. The van der Waals surface area contributed by atoms with E-state index in [0.29, 0.717) is 6.42 Å². The van der Waals surface area contributed by atoms with Gasteiger partial charge in [0.25, 0.3) is 0 Å². The van der Waals surface area contributed by atoms with Crippen molar-refractivity contribution in [2.75, 3.05) is 0 Å². The lowest BCUT2D eigenvalue weighted by molar-refractivity contribution is -0.371. The van der Waals surface area contributed by atoms with E-state index in [0.717, 1.165) is 17.6 Å². The van der Waals surface area contributed by atoms with Crippen molar-refractivity contribution in [2.45, 2.75) is 68.4 Å². The number of hydrogen-bond acceptors (Lipinski definition) is 8. The van der Waals surface area contributed by atoms with Gasteiger partial charge in [-0.2, -0.15) is 0 Å². The zero-order chi connectivity index (χ0) is 25.5. The van der Waals surface area contributed by atoms with Crippen molar-refractivity contribution in [3.05, 3.63) is 47.5 Å². The Morgan fingerprint density at radius 1 is 1.06 bits per heavy atom. The number of aliphatic carboxylic acids is 3. The fourth-order valence-corrected chi connectivity index (χ4v) is 4.81. The Morgan fingerprint density at radius 3 is 2.21 bits per heavy atom. The number of benzene rings is 1. The van der Waals surface area contributed by atoms with Gasteiger partial charge in [-0.25, -0.2) is 14.4 Å². The summed E-state index contributed by atoms with van der Waals surface area (Å²) in [5.41, 5.74) is -5.20. The van der Waals surface area contributed by atoms with Crippen molar-refractivity contribution in [1.29, 1.82) is 0 Å². The fraction of sp³-hybridized carbons (Fsp3) is 0.522. The summed E-state index contributed by atoms with van der Waals surface area (Å²) in [5.74, 6) is -8.66. The van der Waals surface area contributed by atoms with Gasteiger partial charge in [0.2, 0.25) is 23.1 Å². The van der Waals surface area contributed by atoms with E-state index in [4.69, 9.17) is 9.47 Å². The van der Waals surface area contributed by atoms with E-state index < -0.39 is 59.6 Å². The third-order valence-electron chi connectivity index (χ3n) is 6.46. The molecule has 2 bridgehead atoms. The van der Waals surface area contributed by atoms with E-state index in [1.807, 2.05) is 37.3 Å². The number of fused-ring (bicyclic) bond motifs is 2. The average molecular weight is 480 g/mol. The van der Waals surface area contributed by atoms with Crippen LogP contribution in [0.5, 0.6) is 0 Å². The number of carboxylic acid groups (broad SMARTS) is 3. The molecule has 186 valence electrons. The SMILES string of the molecule is C/C(=C\CC12OC(C(=O)O)C(O)(C(=O)O)C(C(=O)O)(O1)C(O)C2O)CC(C)Cc1ccccc1. The minimum atomic E-state index is -3.73. The summed E-state index contributed by atoms with van der Waals surface area (Å²) >= 11 is 0. The van der Waals surface area contributed by atoms with Gasteiger partial charge in [0, 0.05) is 6.42 Å². The number of allylic oxidation sites excluding steroid dienone is 1. The van der Waals surface area contributed by atoms with Gasteiger partial charge in [-0.15, -0.1) is 0 Å². The van der Waals surface area contributed by atoms with Crippen molar-refractivity contribution in [1.82, 2.24) is 0 Å². The molecule has 2 fully saturated rings. The second kappa shape index (κ2) is 9.08. The van der Waals surface area contributed by atoms with Gasteiger partial charge >= 0.3 is 17.9 Å². The standard InChI is InChI=1S/C23H28O11/c1-12(10-13(2)11-14-6-4-3-5-7-14)8-9-21-15(24)16(25)23(34-21,20(30)31)22(32,19(28)29)17(33-21)18(26)27/h3-8,13,15-17,24-25,32H,9-11H2,1-2H3,(H,26,27)(H,28,29)(H,30,31)/b12-8+. The molecule has 0 aliphatic carbocycles. The zero-order valence-electron chi connectivity index (χ0n) is 18.6. The number of carboxylic acids is 3. The molecule has 0 amide bonds. The Morgan fingerprint density at radius 2 is 1.68 bits per heavy atom. The van der Waals surface area contributed by atoms with Crippen LogP contribution in [0, 0.1) is 5.92 Å². The predicted octanol–water partition coefficient (Wildman–Crippen LogP) is 0.163. The van der Waals surface area contributed by atoms with E-state index in [2.05, 4.69) is 0 Å². The van der Waals surface area contributed by atoms with Gasteiger partial charge in [-0.1, -0.05) is 48.9 Å². The van der Waals surface area contributed by atoms with E-state index in [1.165, 1.54) is 0 Å². The lowest BCUT2D eigenvalue weighted by atomic mass is 9.74. The maximum atomic E-state index is 12.1. The first-order valence-electron chi connectivity index (χ1n) is 10.7. The van der Waals surface area contributed by atoms with Gasteiger partial charge in [0.1, 0.15) is 12.2 Å². The summed E-state index contributed by atoms with van der Waals surface area (Å²) < 4.78 is 10.5. The number of aliphatic hydroxyl groups is 3. The first-order chi connectivity index (χ1) is 15.8. The summed E-state index contributed by atoms with van der Waals surface area (Å²) in [6, 6.07) is 9.77. The smallest absolute Gasteiger partial charge is 0.343 e. The van der Waals surface area contributed by atoms with E-state index in [-0.39, 0.29) is 5.92 Å². The molecule has 7 unspecified atom stereocenters. The summed E-state index contributed by atoms with van der Waals surface area (Å²) in [7, 11) is 0. The Kier molecular flexibility index (Phi) is 6.89. The van der Waals surface area contributed by atoms with Crippen molar-refractivity contribution in [2.24, 2.45) is 5.92 Å². The third-order valence-corrected chi connectivity index (χ3v) is 6.46. The molecule has 0 saturated carbocycles. The number of hydrogen-bond donors (Lipinski definition) is 6. The van der Waals surface area contributed by atoms with Crippen molar-refractivity contribution >= 4 is 17.9 Å². The molecule has 11 nitrogen and oxygen atoms in total. The summed E-state index contributed by atoms with van der Waals surface area (Å²) in [6.07, 6.45) is -4.79. The van der Waals surface area contributed by atoms with Crippen LogP contribution in [0.15, 0.2) is 42.0 Å². The van der Waals surface area contributed by atoms with Crippen molar-refractivity contribution in [3.8, 4) is 0 Å². The van der Waals surface area contributed by atoms with Crippen LogP contribution < -0.4 is 0 Å². The number of ether oxygens (including phenoxy) is 2. The molecule has 2 aliphatic rings. The number of rotatable bonds is 9. The van der Waals surface area contributed by atoms with Crippen LogP contribution in [0.2, 0.25) is 0 Å². The number of aliphatic hydroxyl groups excluding tert-OH is 2. The van der Waals surface area contributed by atoms with Gasteiger partial charge in [-0.05, 0) is 31.2 Å². The monoisotopic (exact) mass is 480 g/mol. The van der Waals surface area contributed by atoms with Gasteiger partial charge < -0.3 is 40.1 Å². The molecule has 1 aromatic carbocycles. The highest BCUT2D eigenvalue weighted by molar-refractivity contribution is 5.97. The van der Waals surface area contributed by atoms with Gasteiger partial charge in [-0.3, -0.25) is 0 Å². The summed E-state index contributed by atoms with van der Waals surface area (Å²) in [5, 5.41) is 60.7. The normalized spacial score (nSPS) is 36.1. The second-order valence-corrected chi connectivity index (χ2v) is 9.01. The lowest BCUT2D eigenvalue weighted by Crippen LogP contribution is -2.77. The molecule has 2 heterocycles. The molecule has 1 aromatic rings. The van der Waals surface area contributed by atoms with Crippen LogP contribution >= 0.6 is 0 Å². The molecule has 0 radical (unpaired) electrons. The molecule has 7 atom stereocenters. The Labute approximate surface area is 194 Å². The molecule has 0 aromatic heterocycles. The minimum absolute atomic E-state index is 0.199. The lowest BCUT2D eigenvalue weighted by Gasteiger charge is -2.48. The molecule has 34 heavy (non-hydrogen) atoms. The fourth-order valence-electron chi connectivity index (χ4n) is 4.81. The molecule has 3 rings (SSSR count). The van der Waals surface area contributed by atoms with Gasteiger partial charge in [0.15, 0.2) is 0 Å². The molecule has 6 N–H and O–H groups in total. The number of carbonyl (C=O) groups is 3. The molecular formula is C23H28O11. The van der Waals surface area contributed by atoms with Crippen molar-refractivity contribution < 1.29 is 54.5 Å². The predicted molar refractivity (Wildman–Crippen MR) is 114 cm³/mol. The van der Waals surface area contributed by atoms with Crippen LogP contribution in [0.25, 0.3) is 0 Å². The first-order valence-corrected chi connectivity index (χ1v) is 10.7. The molecule has 2 saturated heterocycles. The highest BCUT2D eigenvalue weighted by atomic mass is 16.8. The van der Waals surface area contributed by atoms with E-state index in [1.54, 1.807) is 13.0 Å². The molecule has 0 spiro atoms. The summed E-state index contributed by atoms with van der Waals surface area (Å²) in [6.45, 7) is 3.79. The van der Waals surface area contributed by atoms with Crippen LogP contribution in [-0.2, 0) is 30.3 Å². The highest BCUT2D eigenvalue weighted by Crippen LogP contribution is 2.54. The summed E-state index contributed by atoms with van der Waals surface area (Å²) in [4.78, 5) is 35.7. The first kappa shape index (κ1) is 25.8. The van der Waals surface area contributed by atoms with E-state index >= 15 is 0 Å². The quantitative estimate of drug-likeness (QED) is 0.264. The molecular weight excluding hydrogens is 452 g/mol. The topological polar surface area (TPSA) is 191 Å². The highest BCUT2D eigenvalue weighted by Gasteiger charge is 2.84. The molecule has 11 heteroatoms. The molecule has 2 aliphatic heterocycles. The minimum Gasteiger partial charge on any atom is -0.479 e. The third kappa shape index (κ3) is 3.89. The Balaban J connectivity index is 1.90. The van der Waals surface area contributed by atoms with Crippen LogP contribution in [0.3, 0.4) is 0 Å². The maximum Gasteiger partial charge on any atom is 0.343 e. The second-order valence-electron chi connectivity index (χ2n) is 9.01. The van der Waals surface area contributed by atoms with Crippen LogP contribution in [0.1, 0.15) is 32.3 Å². The van der Waals surface area contributed by atoms with Gasteiger partial charge in [0.05, 0.1) is 0 Å². The largest absolute Gasteiger partial charge is 0.479 e. The Bertz CT molecular complexity index is 992. The van der Waals surface area contributed by atoms with E-state index in [9.17, 15) is 45.0 Å². The Hall–Kier alpha value is -2.83. The van der Waals surface area contributed by atoms with Crippen LogP contribution in [-0.4, -0.2) is 83.8 Å².